The van der Waals surface area contributed by atoms with Gasteiger partial charge in [0.2, 0.25) is 0 Å². The molecule has 3 rings (SSSR count). The lowest BCUT2D eigenvalue weighted by Gasteiger charge is -2.17. The van der Waals surface area contributed by atoms with E-state index in [1.807, 2.05) is 12.1 Å². The van der Waals surface area contributed by atoms with Gasteiger partial charge in [-0.25, -0.2) is 0 Å². The molecule has 0 amide bonds. The van der Waals surface area contributed by atoms with Gasteiger partial charge in [0.25, 0.3) is 0 Å². The Balaban J connectivity index is 1.98. The molecule has 0 atom stereocenters. The number of hydrogen-bond acceptors (Lipinski definition) is 3. The van der Waals surface area contributed by atoms with Crippen LogP contribution in [-0.4, -0.2) is 16.0 Å². The molecule has 0 radical (unpaired) electrons. The van der Waals surface area contributed by atoms with E-state index >= 15 is 0 Å². The van der Waals surface area contributed by atoms with Crippen LogP contribution in [0.15, 0.2) is 48.0 Å². The van der Waals surface area contributed by atoms with Crippen LogP contribution in [0, 0.1) is 0 Å². The maximum absolute atomic E-state index is 12.4. The molecular weight excluding hydrogens is 252 g/mol. The molecule has 0 bridgehead atoms. The molecule has 1 aliphatic carbocycles. The number of phenols is 2. The molecule has 0 aromatic heterocycles. The maximum Gasteiger partial charge on any atom is 0.189 e. The first-order valence-electron chi connectivity index (χ1n) is 6.50. The summed E-state index contributed by atoms with van der Waals surface area (Å²) in [5, 5.41) is 18.9. The van der Waals surface area contributed by atoms with Gasteiger partial charge in [-0.15, -0.1) is 0 Å². The zero-order chi connectivity index (χ0) is 14.1. The maximum atomic E-state index is 12.4. The van der Waals surface area contributed by atoms with Gasteiger partial charge >= 0.3 is 0 Å². The lowest BCUT2D eigenvalue weighted by atomic mass is 9.86. The number of fused-ring (bicyclic) bond motifs is 1. The van der Waals surface area contributed by atoms with E-state index in [1.54, 1.807) is 30.3 Å². The molecule has 3 nitrogen and oxygen atoms in total. The summed E-state index contributed by atoms with van der Waals surface area (Å²) < 4.78 is 0. The van der Waals surface area contributed by atoms with Crippen molar-refractivity contribution in [2.24, 2.45) is 0 Å². The number of Topliss-reactive ketones (excluding diaryl/α,β-unsaturated/α-hetero) is 1. The highest BCUT2D eigenvalue weighted by Crippen LogP contribution is 2.29. The van der Waals surface area contributed by atoms with Crippen LogP contribution in [0.1, 0.15) is 27.9 Å². The van der Waals surface area contributed by atoms with E-state index in [0.717, 1.165) is 23.1 Å². The van der Waals surface area contributed by atoms with Crippen molar-refractivity contribution in [3.63, 3.8) is 0 Å². The third-order valence-corrected chi connectivity index (χ3v) is 3.50. The summed E-state index contributed by atoms with van der Waals surface area (Å²) in [5.74, 6) is 0.375. The Morgan fingerprint density at radius 1 is 0.950 bits per heavy atom. The Bertz CT molecular complexity index is 714. The van der Waals surface area contributed by atoms with Crippen molar-refractivity contribution in [3.05, 3.63) is 64.7 Å². The molecule has 2 N–H and O–H groups in total. The average Bonchev–Trinajstić information content (AvgIpc) is 2.42. The fourth-order valence-electron chi connectivity index (χ4n) is 2.52. The van der Waals surface area contributed by atoms with Crippen LogP contribution in [0.3, 0.4) is 0 Å². The van der Waals surface area contributed by atoms with Crippen LogP contribution >= 0.6 is 0 Å². The van der Waals surface area contributed by atoms with Gasteiger partial charge < -0.3 is 10.2 Å². The van der Waals surface area contributed by atoms with Gasteiger partial charge in [0, 0.05) is 11.1 Å². The minimum atomic E-state index is -0.00501. The van der Waals surface area contributed by atoms with Crippen molar-refractivity contribution in [2.45, 2.75) is 12.8 Å². The summed E-state index contributed by atoms with van der Waals surface area (Å²) >= 11 is 0. The SMILES string of the molecule is O=C1/C(=C/c2cccc(O)c2)CCc2cc(O)ccc21. The van der Waals surface area contributed by atoms with Gasteiger partial charge in [-0.2, -0.15) is 0 Å². The lowest BCUT2D eigenvalue weighted by molar-refractivity contribution is 0.102. The number of phenolic OH excluding ortho intramolecular Hbond substituents is 2. The minimum Gasteiger partial charge on any atom is -0.508 e. The van der Waals surface area contributed by atoms with Gasteiger partial charge in [-0.3, -0.25) is 4.79 Å². The molecule has 0 saturated carbocycles. The Morgan fingerprint density at radius 3 is 2.55 bits per heavy atom. The third-order valence-electron chi connectivity index (χ3n) is 3.50. The number of allylic oxidation sites excluding steroid dienone is 1. The van der Waals surface area contributed by atoms with Crippen LogP contribution in [-0.2, 0) is 6.42 Å². The first-order valence-corrected chi connectivity index (χ1v) is 6.50. The standard InChI is InChI=1S/C17H14O3/c18-14-3-1-2-11(9-14)8-13-5-4-12-10-15(19)6-7-16(12)17(13)20/h1-3,6-10,18-19H,4-5H2/b13-8+. The number of aryl methyl sites for hydroxylation is 1. The van der Waals surface area contributed by atoms with Crippen molar-refractivity contribution in [2.75, 3.05) is 0 Å². The zero-order valence-corrected chi connectivity index (χ0v) is 10.8. The molecule has 100 valence electrons. The molecule has 3 heteroatoms. The predicted octanol–water partition coefficient (Wildman–Crippen LogP) is 3.31. The van der Waals surface area contributed by atoms with Gasteiger partial charge in [0.15, 0.2) is 5.78 Å². The fraction of sp³-hybridized carbons (Fsp3) is 0.118. The van der Waals surface area contributed by atoms with Crippen LogP contribution in [0.25, 0.3) is 6.08 Å². The summed E-state index contributed by atoms with van der Waals surface area (Å²) in [6, 6.07) is 11.7. The van der Waals surface area contributed by atoms with Gasteiger partial charge in [-0.05, 0) is 60.4 Å². The summed E-state index contributed by atoms with van der Waals surface area (Å²) in [7, 11) is 0. The summed E-state index contributed by atoms with van der Waals surface area (Å²) in [5.41, 5.74) is 3.09. The molecule has 1 aliphatic rings. The molecule has 2 aromatic rings. The van der Waals surface area contributed by atoms with E-state index in [0.29, 0.717) is 12.0 Å². The number of rotatable bonds is 1. The number of ketones is 1. The Hall–Kier alpha value is -2.55. The van der Waals surface area contributed by atoms with Crippen molar-refractivity contribution in [3.8, 4) is 11.5 Å². The van der Waals surface area contributed by atoms with Crippen molar-refractivity contribution in [1.29, 1.82) is 0 Å². The van der Waals surface area contributed by atoms with E-state index in [1.165, 1.54) is 6.07 Å². The van der Waals surface area contributed by atoms with Crippen LogP contribution in [0.5, 0.6) is 11.5 Å². The second kappa shape index (κ2) is 4.85. The van der Waals surface area contributed by atoms with E-state index in [2.05, 4.69) is 0 Å². The van der Waals surface area contributed by atoms with Crippen molar-refractivity contribution >= 4 is 11.9 Å². The third kappa shape index (κ3) is 2.30. The average molecular weight is 266 g/mol. The fourth-order valence-corrected chi connectivity index (χ4v) is 2.52. The Labute approximate surface area is 116 Å². The summed E-state index contributed by atoms with van der Waals surface area (Å²) in [6.07, 6.45) is 3.20. The number of carbonyl (C=O) groups is 1. The molecule has 0 heterocycles. The highest BCUT2D eigenvalue weighted by atomic mass is 16.3. The molecule has 2 aromatic carbocycles. The number of benzene rings is 2. The summed E-state index contributed by atoms with van der Waals surface area (Å²) in [4.78, 5) is 12.4. The van der Waals surface area contributed by atoms with Crippen molar-refractivity contribution in [1.82, 2.24) is 0 Å². The van der Waals surface area contributed by atoms with Gasteiger partial charge in [0.1, 0.15) is 11.5 Å². The van der Waals surface area contributed by atoms with E-state index in [4.69, 9.17) is 0 Å². The van der Waals surface area contributed by atoms with Crippen molar-refractivity contribution < 1.29 is 15.0 Å². The number of carbonyl (C=O) groups excluding carboxylic acids is 1. The monoisotopic (exact) mass is 266 g/mol. The highest BCUT2D eigenvalue weighted by Gasteiger charge is 2.21. The number of hydrogen-bond donors (Lipinski definition) is 2. The van der Waals surface area contributed by atoms with E-state index in [-0.39, 0.29) is 17.3 Å². The molecule has 0 fully saturated rings. The van der Waals surface area contributed by atoms with Gasteiger partial charge in [-0.1, -0.05) is 12.1 Å². The minimum absolute atomic E-state index is 0.00501. The normalized spacial score (nSPS) is 16.2. The smallest absolute Gasteiger partial charge is 0.189 e. The second-order valence-electron chi connectivity index (χ2n) is 4.94. The Kier molecular flexibility index (Phi) is 3.03. The molecule has 0 spiro atoms. The van der Waals surface area contributed by atoms with Crippen LogP contribution < -0.4 is 0 Å². The highest BCUT2D eigenvalue weighted by molar-refractivity contribution is 6.13. The second-order valence-corrected chi connectivity index (χ2v) is 4.94. The Morgan fingerprint density at radius 2 is 1.75 bits per heavy atom. The molecular formula is C17H14O3. The molecule has 20 heavy (non-hydrogen) atoms. The van der Waals surface area contributed by atoms with Gasteiger partial charge in [0.05, 0.1) is 0 Å². The van der Waals surface area contributed by atoms with Crippen LogP contribution in [0.4, 0.5) is 0 Å². The predicted molar refractivity (Wildman–Crippen MR) is 76.8 cm³/mol. The summed E-state index contributed by atoms with van der Waals surface area (Å²) in [6.45, 7) is 0. The topological polar surface area (TPSA) is 57.5 Å². The molecule has 0 saturated heterocycles. The zero-order valence-electron chi connectivity index (χ0n) is 10.8. The first kappa shape index (κ1) is 12.5. The molecule has 0 aliphatic heterocycles. The first-order chi connectivity index (χ1) is 9.63. The lowest BCUT2D eigenvalue weighted by Crippen LogP contribution is -2.13. The number of aromatic hydroxyl groups is 2. The van der Waals surface area contributed by atoms with E-state index < -0.39 is 0 Å². The quantitative estimate of drug-likeness (QED) is 0.778. The molecule has 0 unspecified atom stereocenters. The largest absolute Gasteiger partial charge is 0.508 e. The van der Waals surface area contributed by atoms with Crippen LogP contribution in [0.2, 0.25) is 0 Å². The van der Waals surface area contributed by atoms with E-state index in [9.17, 15) is 15.0 Å².